The van der Waals surface area contributed by atoms with Crippen molar-refractivity contribution < 1.29 is 33.8 Å². The van der Waals surface area contributed by atoms with Gasteiger partial charge in [-0.1, -0.05) is 24.3 Å². The van der Waals surface area contributed by atoms with E-state index in [0.29, 0.717) is 22.8 Å². The van der Waals surface area contributed by atoms with Crippen LogP contribution in [-0.4, -0.2) is 53.9 Å². The Morgan fingerprint density at radius 1 is 1.12 bits per heavy atom. The Hall–Kier alpha value is -4.34. The number of aliphatic carboxylic acids is 1. The lowest BCUT2D eigenvalue weighted by Crippen LogP contribution is -2.55. The van der Waals surface area contributed by atoms with Gasteiger partial charge in [-0.3, -0.25) is 14.4 Å². The summed E-state index contributed by atoms with van der Waals surface area (Å²) in [6.07, 6.45) is 2.05. The molecule has 1 aliphatic rings. The maximum atomic E-state index is 12.5. The molecule has 3 N–H and O–H groups in total. The molecule has 3 amide bonds. The third-order valence-electron chi connectivity index (χ3n) is 4.86. The Morgan fingerprint density at radius 2 is 1.85 bits per heavy atom. The van der Waals surface area contributed by atoms with E-state index in [9.17, 15) is 24.3 Å². The van der Waals surface area contributed by atoms with Crippen molar-refractivity contribution in [3.05, 3.63) is 66.4 Å². The highest BCUT2D eigenvalue weighted by molar-refractivity contribution is 6.14. The van der Waals surface area contributed by atoms with Crippen LogP contribution in [0.5, 0.6) is 17.2 Å². The van der Waals surface area contributed by atoms with Gasteiger partial charge in [-0.2, -0.15) is 0 Å². The molecule has 10 heteroatoms. The SMILES string of the molecule is COc1ccccc1Oc1cccc([C@H](CC(=O)O)NC(=O)NC2C(=O)C=CN(C)C2=O)c1. The summed E-state index contributed by atoms with van der Waals surface area (Å²) in [5.41, 5.74) is 0.457. The van der Waals surface area contributed by atoms with Crippen LogP contribution in [0.2, 0.25) is 0 Å². The molecule has 0 saturated heterocycles. The number of hydrogen-bond acceptors (Lipinski definition) is 6. The standard InChI is InChI=1S/C23H23N3O7/c1-26-11-10-17(27)21(22(26)30)25-23(31)24-16(13-20(28)29)14-6-5-7-15(12-14)33-19-9-4-3-8-18(19)32-2/h3-12,16,21H,13H2,1-2H3,(H,28,29)(H2,24,25,31)/t16-,21?/m0/s1. The first-order chi connectivity index (χ1) is 15.8. The number of ether oxygens (including phenoxy) is 2. The fourth-order valence-corrected chi connectivity index (χ4v) is 3.20. The van der Waals surface area contributed by atoms with Crippen molar-refractivity contribution in [2.45, 2.75) is 18.5 Å². The topological polar surface area (TPSA) is 134 Å². The molecule has 0 fully saturated rings. The fourth-order valence-electron chi connectivity index (χ4n) is 3.20. The van der Waals surface area contributed by atoms with Crippen molar-refractivity contribution in [1.82, 2.24) is 15.5 Å². The van der Waals surface area contributed by atoms with Gasteiger partial charge in [-0.05, 0) is 29.8 Å². The molecule has 33 heavy (non-hydrogen) atoms. The summed E-state index contributed by atoms with van der Waals surface area (Å²) in [6.45, 7) is 0. The number of carbonyl (C=O) groups is 4. The van der Waals surface area contributed by atoms with E-state index in [-0.39, 0.29) is 0 Å². The highest BCUT2D eigenvalue weighted by Crippen LogP contribution is 2.32. The first-order valence-corrected chi connectivity index (χ1v) is 9.97. The molecule has 1 heterocycles. The van der Waals surface area contributed by atoms with Crippen molar-refractivity contribution >= 4 is 23.7 Å². The Balaban J connectivity index is 1.77. The fraction of sp³-hybridized carbons (Fsp3) is 0.217. The summed E-state index contributed by atoms with van der Waals surface area (Å²) < 4.78 is 11.1. The van der Waals surface area contributed by atoms with Gasteiger partial charge in [-0.15, -0.1) is 0 Å². The second kappa shape index (κ2) is 10.3. The molecule has 2 atom stereocenters. The van der Waals surface area contributed by atoms with Crippen LogP contribution in [0, 0.1) is 0 Å². The Kier molecular flexibility index (Phi) is 7.29. The van der Waals surface area contributed by atoms with Gasteiger partial charge >= 0.3 is 12.0 Å². The van der Waals surface area contributed by atoms with Crippen molar-refractivity contribution in [2.75, 3.05) is 14.2 Å². The lowest BCUT2D eigenvalue weighted by Gasteiger charge is -2.25. The molecule has 3 rings (SSSR count). The summed E-state index contributed by atoms with van der Waals surface area (Å²) in [5.74, 6) is -0.940. The van der Waals surface area contributed by atoms with Crippen molar-refractivity contribution in [3.63, 3.8) is 0 Å². The summed E-state index contributed by atoms with van der Waals surface area (Å²) in [4.78, 5) is 49.3. The molecule has 0 spiro atoms. The van der Waals surface area contributed by atoms with Crippen LogP contribution in [0.15, 0.2) is 60.8 Å². The quantitative estimate of drug-likeness (QED) is 0.522. The predicted molar refractivity (Wildman–Crippen MR) is 117 cm³/mol. The average Bonchev–Trinajstić information content (AvgIpc) is 2.79. The molecule has 0 aromatic heterocycles. The minimum absolute atomic E-state index is 0.402. The molecular formula is C23H23N3O7. The van der Waals surface area contributed by atoms with Gasteiger partial charge in [0.05, 0.1) is 19.6 Å². The third-order valence-corrected chi connectivity index (χ3v) is 4.86. The minimum atomic E-state index is -1.38. The van der Waals surface area contributed by atoms with Crippen molar-refractivity contribution in [2.24, 2.45) is 0 Å². The Labute approximate surface area is 189 Å². The van der Waals surface area contributed by atoms with E-state index in [1.165, 1.54) is 31.3 Å². The molecule has 0 saturated carbocycles. The number of para-hydroxylation sites is 2. The summed E-state index contributed by atoms with van der Waals surface area (Å²) >= 11 is 0. The van der Waals surface area contributed by atoms with Crippen LogP contribution in [0.1, 0.15) is 18.0 Å². The molecule has 1 unspecified atom stereocenters. The van der Waals surface area contributed by atoms with E-state index < -0.39 is 42.2 Å². The molecule has 10 nitrogen and oxygen atoms in total. The lowest BCUT2D eigenvalue weighted by atomic mass is 10.0. The highest BCUT2D eigenvalue weighted by Gasteiger charge is 2.32. The van der Waals surface area contributed by atoms with Gasteiger partial charge in [0, 0.05) is 19.3 Å². The number of urea groups is 1. The van der Waals surface area contributed by atoms with E-state index in [1.54, 1.807) is 48.5 Å². The van der Waals surface area contributed by atoms with E-state index in [0.717, 1.165) is 0 Å². The summed E-state index contributed by atoms with van der Waals surface area (Å²) in [5, 5.41) is 14.2. The van der Waals surface area contributed by atoms with Crippen molar-refractivity contribution in [3.8, 4) is 17.2 Å². The third kappa shape index (κ3) is 5.88. The number of carboxylic acid groups (broad SMARTS) is 1. The maximum Gasteiger partial charge on any atom is 0.316 e. The summed E-state index contributed by atoms with van der Waals surface area (Å²) in [7, 11) is 2.97. The van der Waals surface area contributed by atoms with Gasteiger partial charge in [0.15, 0.2) is 23.3 Å². The molecule has 0 aliphatic carbocycles. The number of amides is 3. The Bertz CT molecular complexity index is 1100. The van der Waals surface area contributed by atoms with Crippen LogP contribution >= 0.6 is 0 Å². The number of benzene rings is 2. The largest absolute Gasteiger partial charge is 0.493 e. The molecule has 0 radical (unpaired) electrons. The number of carbonyl (C=O) groups excluding carboxylic acids is 3. The second-order valence-electron chi connectivity index (χ2n) is 7.19. The van der Waals surface area contributed by atoms with Gasteiger partial charge in [0.25, 0.3) is 5.91 Å². The smallest absolute Gasteiger partial charge is 0.316 e. The van der Waals surface area contributed by atoms with E-state index >= 15 is 0 Å². The average molecular weight is 453 g/mol. The van der Waals surface area contributed by atoms with E-state index in [2.05, 4.69) is 10.6 Å². The lowest BCUT2D eigenvalue weighted by molar-refractivity contribution is -0.138. The van der Waals surface area contributed by atoms with Crippen LogP contribution < -0.4 is 20.1 Å². The minimum Gasteiger partial charge on any atom is -0.493 e. The van der Waals surface area contributed by atoms with E-state index in [4.69, 9.17) is 9.47 Å². The van der Waals surface area contributed by atoms with Crippen LogP contribution in [0.3, 0.4) is 0 Å². The van der Waals surface area contributed by atoms with Gasteiger partial charge in [-0.25, -0.2) is 4.79 Å². The summed E-state index contributed by atoms with van der Waals surface area (Å²) in [6, 6.07) is 10.4. The van der Waals surface area contributed by atoms with E-state index in [1.807, 2.05) is 0 Å². The number of ketones is 1. The van der Waals surface area contributed by atoms with Gasteiger partial charge in [0.2, 0.25) is 0 Å². The predicted octanol–water partition coefficient (Wildman–Crippen LogP) is 2.23. The monoisotopic (exact) mass is 453 g/mol. The number of carboxylic acids is 1. The molecule has 172 valence electrons. The first kappa shape index (κ1) is 23.3. The molecule has 2 aromatic rings. The zero-order chi connectivity index (χ0) is 24.0. The zero-order valence-electron chi connectivity index (χ0n) is 18.0. The van der Waals surface area contributed by atoms with Gasteiger partial charge < -0.3 is 30.1 Å². The van der Waals surface area contributed by atoms with Crippen molar-refractivity contribution in [1.29, 1.82) is 0 Å². The second-order valence-corrected chi connectivity index (χ2v) is 7.19. The Morgan fingerprint density at radius 3 is 2.55 bits per heavy atom. The highest BCUT2D eigenvalue weighted by atomic mass is 16.5. The zero-order valence-corrected chi connectivity index (χ0v) is 18.0. The number of nitrogens with one attached hydrogen (secondary N) is 2. The number of likely N-dealkylation sites (N-methyl/N-ethyl adjacent to an activating group) is 1. The molecular weight excluding hydrogens is 430 g/mol. The van der Waals surface area contributed by atoms with Crippen LogP contribution in [0.4, 0.5) is 4.79 Å². The number of hydrogen-bond donors (Lipinski definition) is 3. The van der Waals surface area contributed by atoms with Gasteiger partial charge in [0.1, 0.15) is 5.75 Å². The normalized spacial score (nSPS) is 16.2. The first-order valence-electron chi connectivity index (χ1n) is 9.97. The molecule has 2 aromatic carbocycles. The maximum absolute atomic E-state index is 12.5. The number of nitrogens with zero attached hydrogens (tertiary/aromatic N) is 1. The number of rotatable bonds is 8. The van der Waals surface area contributed by atoms with Crippen LogP contribution in [-0.2, 0) is 14.4 Å². The molecule has 0 bridgehead atoms. The van der Waals surface area contributed by atoms with Crippen LogP contribution in [0.25, 0.3) is 0 Å². The number of methoxy groups -OCH3 is 1. The molecule has 1 aliphatic heterocycles.